The molecule has 0 fully saturated rings. The number of hydrogen-bond donors (Lipinski definition) is 1. The van der Waals surface area contributed by atoms with Crippen molar-refractivity contribution in [1.29, 1.82) is 0 Å². The summed E-state index contributed by atoms with van der Waals surface area (Å²) in [7, 11) is 0. The Morgan fingerprint density at radius 1 is 0.952 bits per heavy atom. The monoisotopic (exact) mass is 302 g/mol. The van der Waals surface area contributed by atoms with Gasteiger partial charge in [0.25, 0.3) is 0 Å². The highest BCUT2D eigenvalue weighted by atomic mass is 35.5. The van der Waals surface area contributed by atoms with Gasteiger partial charge in [-0.15, -0.1) is 0 Å². The molecule has 2 aromatic carbocycles. The molecule has 0 bridgehead atoms. The average Bonchev–Trinajstić information content (AvgIpc) is 2.41. The SMILES string of the molecule is Cc1cc(Cl)c(C(O)c2ccc(C(C)(C)C)cc2)cc1C. The zero-order valence-electron chi connectivity index (χ0n) is 13.4. The second kappa shape index (κ2) is 5.82. The first-order valence-corrected chi connectivity index (χ1v) is 7.63. The smallest absolute Gasteiger partial charge is 0.105 e. The number of rotatable bonds is 2. The summed E-state index contributed by atoms with van der Waals surface area (Å²) in [5.41, 5.74) is 5.28. The summed E-state index contributed by atoms with van der Waals surface area (Å²) in [4.78, 5) is 0. The molecule has 0 aliphatic heterocycles. The van der Waals surface area contributed by atoms with Gasteiger partial charge in [-0.3, -0.25) is 0 Å². The summed E-state index contributed by atoms with van der Waals surface area (Å²) in [5, 5.41) is 11.2. The van der Waals surface area contributed by atoms with Gasteiger partial charge in [-0.1, -0.05) is 62.7 Å². The van der Waals surface area contributed by atoms with Gasteiger partial charge in [0.1, 0.15) is 6.10 Å². The summed E-state index contributed by atoms with van der Waals surface area (Å²) in [6.45, 7) is 10.6. The zero-order chi connectivity index (χ0) is 15.8. The van der Waals surface area contributed by atoms with Crippen molar-refractivity contribution in [2.24, 2.45) is 0 Å². The molecule has 1 N–H and O–H groups in total. The maximum Gasteiger partial charge on any atom is 0.105 e. The molecular weight excluding hydrogens is 280 g/mol. The maximum absolute atomic E-state index is 10.6. The Hall–Kier alpha value is -1.31. The maximum atomic E-state index is 10.6. The second-order valence-electron chi connectivity index (χ2n) is 6.73. The third-order valence-corrected chi connectivity index (χ3v) is 4.33. The van der Waals surface area contributed by atoms with Crippen LogP contribution in [0.3, 0.4) is 0 Å². The van der Waals surface area contributed by atoms with Gasteiger partial charge in [0.05, 0.1) is 0 Å². The topological polar surface area (TPSA) is 20.2 Å². The van der Waals surface area contributed by atoms with E-state index in [1.54, 1.807) is 0 Å². The lowest BCUT2D eigenvalue weighted by atomic mass is 9.86. The largest absolute Gasteiger partial charge is 0.384 e. The molecule has 1 unspecified atom stereocenters. The summed E-state index contributed by atoms with van der Waals surface area (Å²) in [5.74, 6) is 0. The molecular formula is C19H23ClO. The van der Waals surface area contributed by atoms with E-state index in [0.717, 1.165) is 22.3 Å². The van der Waals surface area contributed by atoms with E-state index in [0.29, 0.717) is 5.02 Å². The van der Waals surface area contributed by atoms with Crippen LogP contribution in [0, 0.1) is 13.8 Å². The second-order valence-corrected chi connectivity index (χ2v) is 7.14. The Kier molecular flexibility index (Phi) is 4.46. The fourth-order valence-electron chi connectivity index (χ4n) is 2.36. The van der Waals surface area contributed by atoms with Crippen LogP contribution < -0.4 is 0 Å². The first kappa shape index (κ1) is 16.1. The summed E-state index contributed by atoms with van der Waals surface area (Å²) in [6.07, 6.45) is -0.689. The summed E-state index contributed by atoms with van der Waals surface area (Å²) in [6, 6.07) is 12.0. The van der Waals surface area contributed by atoms with Crippen molar-refractivity contribution in [3.63, 3.8) is 0 Å². The van der Waals surface area contributed by atoms with Gasteiger partial charge in [-0.25, -0.2) is 0 Å². The molecule has 0 saturated heterocycles. The average molecular weight is 303 g/mol. The Balaban J connectivity index is 2.36. The number of aliphatic hydroxyl groups excluding tert-OH is 1. The molecule has 2 heteroatoms. The van der Waals surface area contributed by atoms with E-state index in [2.05, 4.69) is 32.9 Å². The van der Waals surface area contributed by atoms with Crippen LogP contribution in [0.1, 0.15) is 54.7 Å². The van der Waals surface area contributed by atoms with Crippen LogP contribution in [-0.4, -0.2) is 5.11 Å². The minimum atomic E-state index is -0.689. The van der Waals surface area contributed by atoms with Crippen molar-refractivity contribution in [3.8, 4) is 0 Å². The van der Waals surface area contributed by atoms with Crippen LogP contribution >= 0.6 is 11.6 Å². The molecule has 0 spiro atoms. The molecule has 2 rings (SSSR count). The normalized spacial score (nSPS) is 13.3. The molecule has 21 heavy (non-hydrogen) atoms. The Morgan fingerprint density at radius 2 is 1.48 bits per heavy atom. The van der Waals surface area contributed by atoms with Crippen molar-refractivity contribution in [2.45, 2.75) is 46.1 Å². The Morgan fingerprint density at radius 3 is 2.00 bits per heavy atom. The van der Waals surface area contributed by atoms with Crippen LogP contribution in [0.2, 0.25) is 5.02 Å². The highest BCUT2D eigenvalue weighted by molar-refractivity contribution is 6.31. The molecule has 112 valence electrons. The molecule has 0 saturated carbocycles. The summed E-state index contributed by atoms with van der Waals surface area (Å²) >= 11 is 6.29. The van der Waals surface area contributed by atoms with Crippen molar-refractivity contribution in [1.82, 2.24) is 0 Å². The van der Waals surface area contributed by atoms with Crippen molar-refractivity contribution >= 4 is 11.6 Å². The van der Waals surface area contributed by atoms with E-state index in [1.807, 2.05) is 38.1 Å². The molecule has 0 aromatic heterocycles. The number of hydrogen-bond acceptors (Lipinski definition) is 1. The number of benzene rings is 2. The minimum absolute atomic E-state index is 0.113. The van der Waals surface area contributed by atoms with Gasteiger partial charge in [-0.2, -0.15) is 0 Å². The molecule has 0 aliphatic rings. The summed E-state index contributed by atoms with van der Waals surface area (Å²) < 4.78 is 0. The van der Waals surface area contributed by atoms with E-state index in [-0.39, 0.29) is 5.41 Å². The van der Waals surface area contributed by atoms with Crippen LogP contribution in [0.25, 0.3) is 0 Å². The van der Waals surface area contributed by atoms with Gasteiger partial charge < -0.3 is 5.11 Å². The van der Waals surface area contributed by atoms with E-state index < -0.39 is 6.10 Å². The molecule has 0 heterocycles. The first-order valence-electron chi connectivity index (χ1n) is 7.25. The quantitative estimate of drug-likeness (QED) is 0.794. The molecule has 0 aliphatic carbocycles. The molecule has 2 aromatic rings. The fraction of sp³-hybridized carbons (Fsp3) is 0.368. The zero-order valence-corrected chi connectivity index (χ0v) is 14.1. The van der Waals surface area contributed by atoms with Crippen LogP contribution in [0.5, 0.6) is 0 Å². The van der Waals surface area contributed by atoms with Crippen LogP contribution in [0.15, 0.2) is 36.4 Å². The van der Waals surface area contributed by atoms with Gasteiger partial charge in [-0.05, 0) is 47.6 Å². The van der Waals surface area contributed by atoms with Crippen LogP contribution in [-0.2, 0) is 5.41 Å². The lowest BCUT2D eigenvalue weighted by Gasteiger charge is -2.20. The predicted octanol–water partition coefficient (Wildman–Crippen LogP) is 5.34. The van der Waals surface area contributed by atoms with Gasteiger partial charge >= 0.3 is 0 Å². The van der Waals surface area contributed by atoms with Crippen LogP contribution in [0.4, 0.5) is 0 Å². The predicted molar refractivity (Wildman–Crippen MR) is 90.1 cm³/mol. The van der Waals surface area contributed by atoms with E-state index in [1.165, 1.54) is 5.56 Å². The number of halogens is 1. The fourth-order valence-corrected chi connectivity index (χ4v) is 2.68. The number of aryl methyl sites for hydroxylation is 2. The molecule has 1 nitrogen and oxygen atoms in total. The molecule has 1 atom stereocenters. The highest BCUT2D eigenvalue weighted by Gasteiger charge is 2.17. The molecule has 0 radical (unpaired) electrons. The van der Waals surface area contributed by atoms with E-state index in [4.69, 9.17) is 11.6 Å². The third-order valence-electron chi connectivity index (χ3n) is 4.00. The van der Waals surface area contributed by atoms with Gasteiger partial charge in [0.2, 0.25) is 0 Å². The van der Waals surface area contributed by atoms with Crippen molar-refractivity contribution in [3.05, 3.63) is 69.2 Å². The first-order chi connectivity index (χ1) is 9.70. The van der Waals surface area contributed by atoms with E-state index >= 15 is 0 Å². The van der Waals surface area contributed by atoms with Crippen molar-refractivity contribution < 1.29 is 5.11 Å². The molecule has 0 amide bonds. The highest BCUT2D eigenvalue weighted by Crippen LogP contribution is 2.31. The van der Waals surface area contributed by atoms with Crippen molar-refractivity contribution in [2.75, 3.05) is 0 Å². The number of aliphatic hydroxyl groups is 1. The lowest BCUT2D eigenvalue weighted by molar-refractivity contribution is 0.220. The van der Waals surface area contributed by atoms with Gasteiger partial charge in [0.15, 0.2) is 0 Å². The van der Waals surface area contributed by atoms with Gasteiger partial charge in [0, 0.05) is 10.6 Å². The van der Waals surface area contributed by atoms with E-state index in [9.17, 15) is 5.11 Å². The third kappa shape index (κ3) is 3.48. The Labute approximate surface area is 132 Å². The Bertz CT molecular complexity index is 636. The lowest BCUT2D eigenvalue weighted by Crippen LogP contribution is -2.11. The minimum Gasteiger partial charge on any atom is -0.384 e. The standard InChI is InChI=1S/C19H23ClO/c1-12-10-16(17(20)11-13(12)2)18(21)14-6-8-15(9-7-14)19(3,4)5/h6-11,18,21H,1-5H3.